The minimum absolute atomic E-state index is 0.0917. The highest BCUT2D eigenvalue weighted by molar-refractivity contribution is 5.91. The van der Waals surface area contributed by atoms with Crippen LogP contribution < -0.4 is 17.3 Å². The predicted molar refractivity (Wildman–Crippen MR) is 49.7 cm³/mol. The van der Waals surface area contributed by atoms with Crippen LogP contribution in [0.1, 0.15) is 19.8 Å². The highest BCUT2D eigenvalue weighted by atomic mass is 16.1. The number of hydrogen-bond acceptors (Lipinski definition) is 4. The minimum Gasteiger partial charge on any atom is -0.393 e. The van der Waals surface area contributed by atoms with Crippen molar-refractivity contribution < 1.29 is 4.79 Å². The van der Waals surface area contributed by atoms with Crippen LogP contribution in [-0.2, 0) is 4.79 Å². The van der Waals surface area contributed by atoms with E-state index in [4.69, 9.17) is 17.3 Å². The Morgan fingerprint density at radius 1 is 1.54 bits per heavy atom. The first-order valence-electron chi connectivity index (χ1n) is 4.33. The van der Waals surface area contributed by atoms with Gasteiger partial charge in [0.25, 0.3) is 5.91 Å². The first kappa shape index (κ1) is 9.85. The van der Waals surface area contributed by atoms with Gasteiger partial charge in [-0.2, -0.15) is 0 Å². The van der Waals surface area contributed by atoms with E-state index < -0.39 is 5.91 Å². The predicted octanol–water partition coefficient (Wildman–Crippen LogP) is -0.752. The van der Waals surface area contributed by atoms with E-state index in [1.807, 2.05) is 0 Å². The molecule has 0 spiro atoms. The van der Waals surface area contributed by atoms with Crippen molar-refractivity contribution in [2.75, 3.05) is 6.54 Å². The summed E-state index contributed by atoms with van der Waals surface area (Å²) in [5, 5.41) is 1.51. The van der Waals surface area contributed by atoms with E-state index in [2.05, 4.69) is 6.92 Å². The molecule has 1 amide bonds. The van der Waals surface area contributed by atoms with E-state index in [1.54, 1.807) is 0 Å². The average molecular weight is 184 g/mol. The summed E-state index contributed by atoms with van der Waals surface area (Å²) in [5.74, 6) is 5.58. The van der Waals surface area contributed by atoms with E-state index in [0.717, 1.165) is 19.4 Å². The molecule has 1 heterocycles. The van der Waals surface area contributed by atoms with Gasteiger partial charge in [0.2, 0.25) is 0 Å². The van der Waals surface area contributed by atoms with Crippen LogP contribution in [0, 0.1) is 5.92 Å². The fourth-order valence-electron chi connectivity index (χ4n) is 1.45. The van der Waals surface area contributed by atoms with Gasteiger partial charge in [-0.3, -0.25) is 4.79 Å². The van der Waals surface area contributed by atoms with Crippen LogP contribution in [0.3, 0.4) is 0 Å². The highest BCUT2D eigenvalue weighted by Gasteiger charge is 2.21. The fourth-order valence-corrected chi connectivity index (χ4v) is 1.45. The Morgan fingerprint density at radius 3 is 2.69 bits per heavy atom. The molecule has 1 aliphatic rings. The van der Waals surface area contributed by atoms with E-state index in [0.29, 0.717) is 11.6 Å². The summed E-state index contributed by atoms with van der Waals surface area (Å²) in [6.07, 6.45) is 1.75. The summed E-state index contributed by atoms with van der Waals surface area (Å²) in [4.78, 5) is 10.8. The molecule has 1 aliphatic heterocycles. The van der Waals surface area contributed by atoms with Crippen molar-refractivity contribution in [3.63, 3.8) is 0 Å². The lowest BCUT2D eigenvalue weighted by Crippen LogP contribution is -2.40. The lowest BCUT2D eigenvalue weighted by atomic mass is 9.96. The molecular formula is C8H16N4O. The molecule has 0 aromatic heterocycles. The Balaban J connectivity index is 2.87. The van der Waals surface area contributed by atoms with Gasteiger partial charge in [0.05, 0.1) is 5.70 Å². The monoisotopic (exact) mass is 184 g/mol. The molecule has 13 heavy (non-hydrogen) atoms. The molecule has 1 saturated heterocycles. The normalized spacial score (nSPS) is 27.2. The molecule has 1 rings (SSSR count). The molecule has 0 bridgehead atoms. The van der Waals surface area contributed by atoms with E-state index in [9.17, 15) is 4.79 Å². The molecular weight excluding hydrogens is 168 g/mol. The SMILES string of the molecule is CC1CCN(N)/C(=C(\N)C(N)=O)C1. The Bertz CT molecular complexity index is 249. The second-order valence-electron chi connectivity index (χ2n) is 3.52. The topological polar surface area (TPSA) is 98.4 Å². The van der Waals surface area contributed by atoms with Gasteiger partial charge in [-0.15, -0.1) is 0 Å². The van der Waals surface area contributed by atoms with Crippen molar-refractivity contribution in [2.24, 2.45) is 23.2 Å². The molecule has 1 atom stereocenters. The number of amides is 1. The van der Waals surface area contributed by atoms with Crippen LogP contribution in [0.25, 0.3) is 0 Å². The lowest BCUT2D eigenvalue weighted by molar-refractivity contribution is -0.114. The lowest BCUT2D eigenvalue weighted by Gasteiger charge is -2.31. The van der Waals surface area contributed by atoms with Crippen molar-refractivity contribution in [3.8, 4) is 0 Å². The summed E-state index contributed by atoms with van der Waals surface area (Å²) in [6.45, 7) is 2.83. The molecule has 0 radical (unpaired) electrons. The first-order chi connectivity index (χ1) is 6.02. The molecule has 74 valence electrons. The molecule has 6 N–H and O–H groups in total. The van der Waals surface area contributed by atoms with Gasteiger partial charge in [-0.25, -0.2) is 5.84 Å². The average Bonchev–Trinajstić information content (AvgIpc) is 2.08. The zero-order valence-corrected chi connectivity index (χ0v) is 7.79. The standard InChI is InChI=1S/C8H16N4O/c1-5-2-3-12(11)6(4-5)7(9)8(10)13/h5H,2-4,9,11H2,1H3,(H2,10,13)/b7-6-. The first-order valence-corrected chi connectivity index (χ1v) is 4.33. The second-order valence-corrected chi connectivity index (χ2v) is 3.52. The number of hydrazine groups is 1. The van der Waals surface area contributed by atoms with E-state index >= 15 is 0 Å². The van der Waals surface area contributed by atoms with E-state index in [-0.39, 0.29) is 5.70 Å². The van der Waals surface area contributed by atoms with Crippen LogP contribution in [0.5, 0.6) is 0 Å². The quantitative estimate of drug-likeness (QED) is 0.369. The summed E-state index contributed by atoms with van der Waals surface area (Å²) in [6, 6.07) is 0. The number of nitrogens with two attached hydrogens (primary N) is 3. The summed E-state index contributed by atoms with van der Waals surface area (Å²) >= 11 is 0. The minimum atomic E-state index is -0.598. The zero-order valence-electron chi connectivity index (χ0n) is 7.79. The van der Waals surface area contributed by atoms with Gasteiger partial charge in [-0.05, 0) is 18.8 Å². The largest absolute Gasteiger partial charge is 0.393 e. The van der Waals surface area contributed by atoms with Crippen LogP contribution in [0.2, 0.25) is 0 Å². The molecule has 5 nitrogen and oxygen atoms in total. The maximum absolute atomic E-state index is 10.8. The van der Waals surface area contributed by atoms with Crippen molar-refractivity contribution >= 4 is 5.91 Å². The van der Waals surface area contributed by atoms with Crippen molar-refractivity contribution in [1.29, 1.82) is 0 Å². The fraction of sp³-hybridized carbons (Fsp3) is 0.625. The highest BCUT2D eigenvalue weighted by Crippen LogP contribution is 2.23. The van der Waals surface area contributed by atoms with Gasteiger partial charge in [0.1, 0.15) is 5.70 Å². The second kappa shape index (κ2) is 3.66. The third-order valence-electron chi connectivity index (χ3n) is 2.33. The number of rotatable bonds is 1. The molecule has 0 aromatic rings. The van der Waals surface area contributed by atoms with Crippen LogP contribution in [0.15, 0.2) is 11.4 Å². The summed E-state index contributed by atoms with van der Waals surface area (Å²) < 4.78 is 0. The Labute approximate surface area is 77.5 Å². The van der Waals surface area contributed by atoms with Crippen LogP contribution in [-0.4, -0.2) is 17.5 Å². The number of piperidine rings is 1. The molecule has 0 saturated carbocycles. The van der Waals surface area contributed by atoms with Gasteiger partial charge in [-0.1, -0.05) is 6.92 Å². The summed E-state index contributed by atoms with van der Waals surface area (Å²) in [7, 11) is 0. The molecule has 1 fully saturated rings. The number of carbonyl (C=O) groups excluding carboxylic acids is 1. The number of carbonyl (C=O) groups is 1. The van der Waals surface area contributed by atoms with Gasteiger partial charge in [0.15, 0.2) is 0 Å². The van der Waals surface area contributed by atoms with E-state index in [1.165, 1.54) is 5.01 Å². The maximum atomic E-state index is 10.8. The van der Waals surface area contributed by atoms with Gasteiger partial charge >= 0.3 is 0 Å². The molecule has 5 heteroatoms. The third-order valence-corrected chi connectivity index (χ3v) is 2.33. The Morgan fingerprint density at radius 2 is 2.15 bits per heavy atom. The van der Waals surface area contributed by atoms with Crippen molar-refractivity contribution in [1.82, 2.24) is 5.01 Å². The zero-order chi connectivity index (χ0) is 10.0. The third kappa shape index (κ3) is 2.12. The molecule has 1 unspecified atom stereocenters. The summed E-state index contributed by atoms with van der Waals surface area (Å²) in [5.41, 5.74) is 11.4. The molecule has 0 aliphatic carbocycles. The number of allylic oxidation sites excluding steroid dienone is 1. The number of nitrogens with zero attached hydrogens (tertiary/aromatic N) is 1. The van der Waals surface area contributed by atoms with Gasteiger partial charge in [0, 0.05) is 6.54 Å². The van der Waals surface area contributed by atoms with Crippen LogP contribution in [0.4, 0.5) is 0 Å². The van der Waals surface area contributed by atoms with Crippen LogP contribution >= 0.6 is 0 Å². The van der Waals surface area contributed by atoms with Crippen molar-refractivity contribution in [2.45, 2.75) is 19.8 Å². The van der Waals surface area contributed by atoms with Crippen molar-refractivity contribution in [3.05, 3.63) is 11.4 Å². The number of primary amides is 1. The van der Waals surface area contributed by atoms with Gasteiger partial charge < -0.3 is 16.5 Å². The Hall–Kier alpha value is -1.23. The maximum Gasteiger partial charge on any atom is 0.266 e. The number of hydrogen-bond donors (Lipinski definition) is 3. The Kier molecular flexibility index (Phi) is 2.77. The smallest absolute Gasteiger partial charge is 0.266 e. The molecule has 0 aromatic carbocycles.